The Kier molecular flexibility index (Phi) is 5.64. The third kappa shape index (κ3) is 4.39. The van der Waals surface area contributed by atoms with Gasteiger partial charge in [-0.15, -0.1) is 0 Å². The molecule has 6 nitrogen and oxygen atoms in total. The van der Waals surface area contributed by atoms with Gasteiger partial charge < -0.3 is 5.32 Å². The van der Waals surface area contributed by atoms with Gasteiger partial charge in [-0.25, -0.2) is 4.98 Å². The van der Waals surface area contributed by atoms with Crippen molar-refractivity contribution in [3.63, 3.8) is 0 Å². The molecule has 0 saturated carbocycles. The Morgan fingerprint density at radius 1 is 1.15 bits per heavy atom. The largest absolute Gasteiger partial charge is 0.325 e. The number of anilines is 1. The SMILES string of the molecule is CCCc1ccc(C(=O)CCC(=O)Nc2cnc3c(c2)c(C)nn3C)cc1. The predicted octanol–water partition coefficient (Wildman–Crippen LogP) is 3.83. The zero-order chi connectivity index (χ0) is 19.4. The number of hydrogen-bond donors (Lipinski definition) is 1. The van der Waals surface area contributed by atoms with Gasteiger partial charge in [0.25, 0.3) is 0 Å². The lowest BCUT2D eigenvalue weighted by Crippen LogP contribution is -2.13. The molecular formula is C21H24N4O2. The highest BCUT2D eigenvalue weighted by Gasteiger charge is 2.12. The second-order valence-corrected chi connectivity index (χ2v) is 6.72. The third-order valence-corrected chi connectivity index (χ3v) is 4.54. The standard InChI is InChI=1S/C21H24N4O2/c1-4-5-15-6-8-16(9-7-15)19(26)10-11-20(27)23-17-12-18-14(2)24-25(3)21(18)22-13-17/h6-9,12-13H,4-5,10-11H2,1-3H3,(H,23,27). The minimum Gasteiger partial charge on any atom is -0.325 e. The number of Topliss-reactive ketones (excluding diaryl/α,β-unsaturated/α-hetero) is 1. The maximum Gasteiger partial charge on any atom is 0.224 e. The molecule has 0 aliphatic heterocycles. The Balaban J connectivity index is 1.57. The van der Waals surface area contributed by atoms with E-state index in [1.54, 1.807) is 10.9 Å². The van der Waals surface area contributed by atoms with Crippen LogP contribution < -0.4 is 5.32 Å². The van der Waals surface area contributed by atoms with Crippen LogP contribution in [-0.2, 0) is 18.3 Å². The lowest BCUT2D eigenvalue weighted by atomic mass is 10.0. The summed E-state index contributed by atoms with van der Waals surface area (Å²) in [6, 6.07) is 9.50. The van der Waals surface area contributed by atoms with E-state index in [9.17, 15) is 9.59 Å². The average molecular weight is 364 g/mol. The van der Waals surface area contributed by atoms with E-state index in [1.807, 2.05) is 44.3 Å². The van der Waals surface area contributed by atoms with Crippen LogP contribution in [0, 0.1) is 6.92 Å². The molecule has 1 N–H and O–H groups in total. The van der Waals surface area contributed by atoms with Gasteiger partial charge in [0.1, 0.15) is 0 Å². The topological polar surface area (TPSA) is 76.9 Å². The number of rotatable bonds is 7. The number of aryl methyl sites for hydroxylation is 3. The molecule has 0 aliphatic rings. The fourth-order valence-electron chi connectivity index (χ4n) is 3.12. The minimum atomic E-state index is -0.200. The van der Waals surface area contributed by atoms with E-state index in [-0.39, 0.29) is 24.5 Å². The smallest absolute Gasteiger partial charge is 0.224 e. The maximum absolute atomic E-state index is 12.3. The molecule has 0 saturated heterocycles. The first-order chi connectivity index (χ1) is 13.0. The molecule has 0 aliphatic carbocycles. The summed E-state index contributed by atoms with van der Waals surface area (Å²) in [5.74, 6) is -0.224. The Morgan fingerprint density at radius 2 is 1.89 bits per heavy atom. The molecule has 0 atom stereocenters. The summed E-state index contributed by atoms with van der Waals surface area (Å²) in [5.41, 5.74) is 4.11. The van der Waals surface area contributed by atoms with Crippen molar-refractivity contribution in [1.82, 2.24) is 14.8 Å². The van der Waals surface area contributed by atoms with Gasteiger partial charge in [-0.1, -0.05) is 37.6 Å². The molecule has 3 rings (SSSR count). The van der Waals surface area contributed by atoms with Crippen LogP contribution in [0.3, 0.4) is 0 Å². The van der Waals surface area contributed by atoms with Crippen LogP contribution in [0.15, 0.2) is 36.5 Å². The fourth-order valence-corrected chi connectivity index (χ4v) is 3.12. The molecule has 0 spiro atoms. The van der Waals surface area contributed by atoms with Crippen molar-refractivity contribution in [3.05, 3.63) is 53.3 Å². The first-order valence-electron chi connectivity index (χ1n) is 9.19. The van der Waals surface area contributed by atoms with Crippen molar-refractivity contribution in [1.29, 1.82) is 0 Å². The van der Waals surface area contributed by atoms with E-state index in [1.165, 1.54) is 5.56 Å². The molecule has 0 bridgehead atoms. The van der Waals surface area contributed by atoms with Gasteiger partial charge >= 0.3 is 0 Å². The molecule has 0 fully saturated rings. The van der Waals surface area contributed by atoms with E-state index in [0.29, 0.717) is 11.3 Å². The zero-order valence-corrected chi connectivity index (χ0v) is 16.0. The van der Waals surface area contributed by atoms with Crippen LogP contribution in [0.4, 0.5) is 5.69 Å². The van der Waals surface area contributed by atoms with Crippen molar-refractivity contribution in [2.75, 3.05) is 5.32 Å². The highest BCUT2D eigenvalue weighted by molar-refractivity contribution is 6.00. The van der Waals surface area contributed by atoms with Gasteiger partial charge in [-0.2, -0.15) is 5.10 Å². The molecule has 140 valence electrons. The third-order valence-electron chi connectivity index (χ3n) is 4.54. The van der Waals surface area contributed by atoms with Crippen molar-refractivity contribution < 1.29 is 9.59 Å². The number of aromatic nitrogens is 3. The molecule has 6 heteroatoms. The number of nitrogens with one attached hydrogen (secondary N) is 1. The van der Waals surface area contributed by atoms with E-state index in [4.69, 9.17) is 0 Å². The van der Waals surface area contributed by atoms with Gasteiger partial charge in [0, 0.05) is 30.8 Å². The number of nitrogens with zero attached hydrogens (tertiary/aromatic N) is 3. The second-order valence-electron chi connectivity index (χ2n) is 6.72. The van der Waals surface area contributed by atoms with Gasteiger partial charge in [-0.05, 0) is 25.0 Å². The van der Waals surface area contributed by atoms with Crippen LogP contribution in [0.5, 0.6) is 0 Å². The summed E-state index contributed by atoms with van der Waals surface area (Å²) in [4.78, 5) is 28.8. The predicted molar refractivity (Wildman–Crippen MR) is 106 cm³/mol. The van der Waals surface area contributed by atoms with E-state index < -0.39 is 0 Å². The Bertz CT molecular complexity index is 974. The molecule has 0 unspecified atom stereocenters. The number of pyridine rings is 1. The molecule has 1 aromatic carbocycles. The molecule has 2 aromatic heterocycles. The van der Waals surface area contributed by atoms with Gasteiger partial charge in [0.05, 0.1) is 17.6 Å². The molecule has 0 radical (unpaired) electrons. The highest BCUT2D eigenvalue weighted by Crippen LogP contribution is 2.19. The monoisotopic (exact) mass is 364 g/mol. The number of hydrogen-bond acceptors (Lipinski definition) is 4. The number of benzene rings is 1. The number of carbonyl (C=O) groups excluding carboxylic acids is 2. The number of amides is 1. The lowest BCUT2D eigenvalue weighted by Gasteiger charge is -2.06. The first-order valence-corrected chi connectivity index (χ1v) is 9.19. The van der Waals surface area contributed by atoms with Crippen molar-refractivity contribution in [2.45, 2.75) is 39.5 Å². The summed E-state index contributed by atoms with van der Waals surface area (Å²) in [6.07, 6.45) is 4.01. The number of fused-ring (bicyclic) bond motifs is 1. The quantitative estimate of drug-likeness (QED) is 0.646. The highest BCUT2D eigenvalue weighted by atomic mass is 16.2. The maximum atomic E-state index is 12.3. The number of carbonyl (C=O) groups is 2. The van der Waals surface area contributed by atoms with E-state index in [2.05, 4.69) is 22.3 Å². The summed E-state index contributed by atoms with van der Waals surface area (Å²) in [6.45, 7) is 4.03. The molecular weight excluding hydrogens is 340 g/mol. The minimum absolute atomic E-state index is 0.0233. The fraction of sp³-hybridized carbons (Fsp3) is 0.333. The molecule has 3 aromatic rings. The summed E-state index contributed by atoms with van der Waals surface area (Å²) in [7, 11) is 1.83. The molecule has 27 heavy (non-hydrogen) atoms. The summed E-state index contributed by atoms with van der Waals surface area (Å²) in [5, 5.41) is 8.03. The molecule has 1 amide bonds. The van der Waals surface area contributed by atoms with Crippen LogP contribution in [0.25, 0.3) is 11.0 Å². The summed E-state index contributed by atoms with van der Waals surface area (Å²) < 4.78 is 1.71. The molecule has 2 heterocycles. The Labute approximate surface area is 158 Å². The first kappa shape index (κ1) is 18.8. The van der Waals surface area contributed by atoms with Gasteiger partial charge in [0.15, 0.2) is 11.4 Å². The number of ketones is 1. The van der Waals surface area contributed by atoms with Crippen molar-refractivity contribution in [2.24, 2.45) is 7.05 Å². The normalized spacial score (nSPS) is 10.9. The average Bonchev–Trinajstić information content (AvgIpc) is 2.94. The van der Waals surface area contributed by atoms with Crippen LogP contribution in [-0.4, -0.2) is 26.5 Å². The summed E-state index contributed by atoms with van der Waals surface area (Å²) >= 11 is 0. The van der Waals surface area contributed by atoms with Crippen molar-refractivity contribution in [3.8, 4) is 0 Å². The second kappa shape index (κ2) is 8.12. The zero-order valence-electron chi connectivity index (χ0n) is 16.0. The Morgan fingerprint density at radius 3 is 2.59 bits per heavy atom. The lowest BCUT2D eigenvalue weighted by molar-refractivity contribution is -0.116. The van der Waals surface area contributed by atoms with Crippen molar-refractivity contribution >= 4 is 28.4 Å². The van der Waals surface area contributed by atoms with Crippen LogP contribution >= 0.6 is 0 Å². The van der Waals surface area contributed by atoms with Crippen LogP contribution in [0.2, 0.25) is 0 Å². The van der Waals surface area contributed by atoms with E-state index in [0.717, 1.165) is 29.6 Å². The van der Waals surface area contributed by atoms with E-state index >= 15 is 0 Å². The Hall–Kier alpha value is -3.02. The van der Waals surface area contributed by atoms with Gasteiger partial charge in [-0.3, -0.25) is 14.3 Å². The van der Waals surface area contributed by atoms with Gasteiger partial charge in [0.2, 0.25) is 5.91 Å². The van der Waals surface area contributed by atoms with Crippen LogP contribution in [0.1, 0.15) is 47.8 Å².